The van der Waals surface area contributed by atoms with Gasteiger partial charge >= 0.3 is 0 Å². The van der Waals surface area contributed by atoms with Crippen LogP contribution >= 0.6 is 46.2 Å². The standard InChI is InChI=1S/C25H18N8S4/c26-23-28-18-7-5-15(11-20(18)36-23)34-14-3-1-13(2-4-14)17-9-10-22-30-31-25(33(22)32-17)35-16-6-8-19-21(12-16)37-24(27)29-19/h1-8,11-12H,9-10H2,(H2,26,28)(H2,27,29). The molecule has 4 heterocycles. The zero-order valence-electron chi connectivity index (χ0n) is 19.2. The minimum absolute atomic E-state index is 0.571. The maximum absolute atomic E-state index is 5.86. The van der Waals surface area contributed by atoms with Gasteiger partial charge in [-0.25, -0.2) is 9.97 Å². The van der Waals surface area contributed by atoms with Crippen molar-refractivity contribution in [2.24, 2.45) is 5.10 Å². The molecular formula is C25H18N8S4. The number of aromatic nitrogens is 5. The van der Waals surface area contributed by atoms with Crippen LogP contribution in [0.25, 0.3) is 20.4 Å². The van der Waals surface area contributed by atoms with E-state index in [0.717, 1.165) is 70.2 Å². The highest BCUT2D eigenvalue weighted by molar-refractivity contribution is 7.99. The molecule has 0 spiro atoms. The van der Waals surface area contributed by atoms with Crippen LogP contribution in [-0.2, 0) is 6.42 Å². The van der Waals surface area contributed by atoms with Crippen LogP contribution in [0, 0.1) is 0 Å². The average Bonchev–Trinajstić information content (AvgIpc) is 3.59. The Morgan fingerprint density at radius 1 is 0.703 bits per heavy atom. The molecule has 37 heavy (non-hydrogen) atoms. The van der Waals surface area contributed by atoms with E-state index in [0.29, 0.717) is 10.3 Å². The van der Waals surface area contributed by atoms with Crippen LogP contribution in [0.5, 0.6) is 0 Å². The van der Waals surface area contributed by atoms with E-state index in [1.165, 1.54) is 22.7 Å². The first kappa shape index (κ1) is 22.7. The maximum atomic E-state index is 5.86. The van der Waals surface area contributed by atoms with E-state index in [1.807, 2.05) is 22.9 Å². The predicted molar refractivity (Wildman–Crippen MR) is 153 cm³/mol. The molecule has 0 bridgehead atoms. The number of anilines is 2. The quantitative estimate of drug-likeness (QED) is 0.258. The summed E-state index contributed by atoms with van der Waals surface area (Å²) in [6, 6.07) is 20.9. The molecule has 182 valence electrons. The van der Waals surface area contributed by atoms with E-state index in [1.54, 1.807) is 23.5 Å². The Labute approximate surface area is 227 Å². The number of nitrogen functional groups attached to an aromatic ring is 2. The van der Waals surface area contributed by atoms with Gasteiger partial charge in [0.15, 0.2) is 16.1 Å². The SMILES string of the molecule is Nc1nc2ccc(Sc3ccc(C4=Nn5c(nnc5Sc5ccc6nc(N)sc6c5)CC4)cc3)cc2s1. The van der Waals surface area contributed by atoms with Gasteiger partial charge in [0.2, 0.25) is 5.16 Å². The second kappa shape index (κ2) is 9.14. The van der Waals surface area contributed by atoms with Crippen molar-refractivity contribution in [2.75, 3.05) is 11.5 Å². The fourth-order valence-electron chi connectivity index (χ4n) is 4.15. The molecule has 1 aliphatic heterocycles. The smallest absolute Gasteiger partial charge is 0.216 e. The largest absolute Gasteiger partial charge is 0.375 e. The summed E-state index contributed by atoms with van der Waals surface area (Å²) >= 11 is 6.26. The number of fused-ring (bicyclic) bond motifs is 3. The third kappa shape index (κ3) is 4.46. The number of nitrogens with two attached hydrogens (primary N) is 2. The monoisotopic (exact) mass is 558 g/mol. The third-order valence-electron chi connectivity index (χ3n) is 5.87. The molecule has 1 aliphatic rings. The van der Waals surface area contributed by atoms with Gasteiger partial charge in [0.1, 0.15) is 0 Å². The van der Waals surface area contributed by atoms with E-state index < -0.39 is 0 Å². The third-order valence-corrected chi connectivity index (χ3v) is 9.49. The highest BCUT2D eigenvalue weighted by Crippen LogP contribution is 2.35. The predicted octanol–water partition coefficient (Wildman–Crippen LogP) is 6.16. The Bertz CT molecular complexity index is 1820. The second-order valence-electron chi connectivity index (χ2n) is 8.35. The van der Waals surface area contributed by atoms with Crippen LogP contribution in [0.15, 0.2) is 85.6 Å². The lowest BCUT2D eigenvalue weighted by molar-refractivity contribution is 0.682. The Kier molecular flexibility index (Phi) is 5.61. The molecule has 8 nitrogen and oxygen atoms in total. The van der Waals surface area contributed by atoms with Crippen molar-refractivity contribution in [3.63, 3.8) is 0 Å². The van der Waals surface area contributed by atoms with Crippen molar-refractivity contribution in [1.29, 1.82) is 0 Å². The molecule has 12 heteroatoms. The summed E-state index contributed by atoms with van der Waals surface area (Å²) < 4.78 is 4.03. The zero-order chi connectivity index (χ0) is 24.9. The molecule has 0 unspecified atom stereocenters. The first-order chi connectivity index (χ1) is 18.1. The van der Waals surface area contributed by atoms with Gasteiger partial charge in [-0.1, -0.05) is 46.6 Å². The normalized spacial score (nSPS) is 13.2. The average molecular weight is 559 g/mol. The van der Waals surface area contributed by atoms with E-state index in [-0.39, 0.29) is 0 Å². The number of nitrogens with zero attached hydrogens (tertiary/aromatic N) is 6. The molecule has 0 radical (unpaired) electrons. The van der Waals surface area contributed by atoms with E-state index in [9.17, 15) is 0 Å². The molecule has 6 aromatic rings. The van der Waals surface area contributed by atoms with Gasteiger partial charge in [-0.15, -0.1) is 10.2 Å². The lowest BCUT2D eigenvalue weighted by atomic mass is 10.0. The fraction of sp³-hybridized carbons (Fsp3) is 0.0800. The minimum Gasteiger partial charge on any atom is -0.375 e. The van der Waals surface area contributed by atoms with Crippen molar-refractivity contribution in [2.45, 2.75) is 32.7 Å². The van der Waals surface area contributed by atoms with Crippen LogP contribution in [0.4, 0.5) is 10.3 Å². The van der Waals surface area contributed by atoms with Gasteiger partial charge in [-0.05, 0) is 72.3 Å². The molecule has 0 aliphatic carbocycles. The van der Waals surface area contributed by atoms with E-state index in [2.05, 4.69) is 62.6 Å². The first-order valence-electron chi connectivity index (χ1n) is 11.4. The molecule has 3 aromatic carbocycles. The molecule has 4 N–H and O–H groups in total. The van der Waals surface area contributed by atoms with Crippen LogP contribution in [0.3, 0.4) is 0 Å². The van der Waals surface area contributed by atoms with Crippen LogP contribution in [-0.4, -0.2) is 30.6 Å². The fourth-order valence-corrected chi connectivity index (χ4v) is 7.54. The number of aryl methyl sites for hydroxylation is 1. The van der Waals surface area contributed by atoms with Gasteiger partial charge in [-0.3, -0.25) is 0 Å². The van der Waals surface area contributed by atoms with Crippen molar-refractivity contribution in [3.05, 3.63) is 72.1 Å². The highest BCUT2D eigenvalue weighted by atomic mass is 32.2. The molecule has 3 aromatic heterocycles. The summed E-state index contributed by atoms with van der Waals surface area (Å²) in [5, 5.41) is 15.6. The topological polar surface area (TPSA) is 121 Å². The Balaban J connectivity index is 1.11. The summed E-state index contributed by atoms with van der Waals surface area (Å²) in [7, 11) is 0. The lowest BCUT2D eigenvalue weighted by Gasteiger charge is -2.14. The van der Waals surface area contributed by atoms with Gasteiger partial charge in [0, 0.05) is 21.1 Å². The van der Waals surface area contributed by atoms with Gasteiger partial charge in [-0.2, -0.15) is 9.78 Å². The highest BCUT2D eigenvalue weighted by Gasteiger charge is 2.20. The molecule has 0 amide bonds. The number of rotatable bonds is 5. The molecular weight excluding hydrogens is 541 g/mol. The van der Waals surface area contributed by atoms with Crippen molar-refractivity contribution >= 4 is 82.6 Å². The molecule has 7 rings (SSSR count). The first-order valence-corrected chi connectivity index (χ1v) is 14.6. The van der Waals surface area contributed by atoms with E-state index >= 15 is 0 Å². The molecule has 0 saturated carbocycles. The number of hydrogen-bond acceptors (Lipinski definition) is 11. The number of benzene rings is 3. The Morgan fingerprint density at radius 3 is 2.00 bits per heavy atom. The van der Waals surface area contributed by atoms with Crippen molar-refractivity contribution < 1.29 is 0 Å². The summed E-state index contributed by atoms with van der Waals surface area (Å²) in [6.45, 7) is 0. The number of thiazole rings is 2. The second-order valence-corrected chi connectivity index (χ2v) is 12.7. The van der Waals surface area contributed by atoms with Crippen LogP contribution < -0.4 is 11.5 Å². The Morgan fingerprint density at radius 2 is 1.32 bits per heavy atom. The Hall–Kier alpha value is -3.45. The van der Waals surface area contributed by atoms with Gasteiger partial charge < -0.3 is 11.5 Å². The van der Waals surface area contributed by atoms with Crippen LogP contribution in [0.1, 0.15) is 17.8 Å². The molecule has 0 atom stereocenters. The van der Waals surface area contributed by atoms with Gasteiger partial charge in [0.05, 0.1) is 26.1 Å². The summed E-state index contributed by atoms with van der Waals surface area (Å²) in [5.41, 5.74) is 15.7. The number of hydrogen-bond donors (Lipinski definition) is 2. The minimum atomic E-state index is 0.571. The lowest BCUT2D eigenvalue weighted by Crippen LogP contribution is -2.14. The maximum Gasteiger partial charge on any atom is 0.216 e. The summed E-state index contributed by atoms with van der Waals surface area (Å²) in [6.07, 6.45) is 1.62. The molecule has 0 fully saturated rings. The summed E-state index contributed by atoms with van der Waals surface area (Å²) in [4.78, 5) is 12.0. The van der Waals surface area contributed by atoms with Gasteiger partial charge in [0.25, 0.3) is 0 Å². The van der Waals surface area contributed by atoms with Crippen LogP contribution in [0.2, 0.25) is 0 Å². The molecule has 0 saturated heterocycles. The van der Waals surface area contributed by atoms with Crippen molar-refractivity contribution in [1.82, 2.24) is 24.8 Å². The zero-order valence-corrected chi connectivity index (χ0v) is 22.4. The van der Waals surface area contributed by atoms with E-state index in [4.69, 9.17) is 16.6 Å². The van der Waals surface area contributed by atoms with Crippen molar-refractivity contribution in [3.8, 4) is 0 Å². The summed E-state index contributed by atoms with van der Waals surface area (Å²) in [5.74, 6) is 0.876.